The van der Waals surface area contributed by atoms with E-state index in [4.69, 9.17) is 9.97 Å². The summed E-state index contributed by atoms with van der Waals surface area (Å²) in [6.07, 6.45) is 7.64. The van der Waals surface area contributed by atoms with Crippen molar-refractivity contribution in [2.75, 3.05) is 0 Å². The molecule has 29 heavy (non-hydrogen) atoms. The van der Waals surface area contributed by atoms with E-state index in [-0.39, 0.29) is 0 Å². The molecule has 0 saturated carbocycles. The van der Waals surface area contributed by atoms with E-state index in [1.165, 1.54) is 52.0 Å². The zero-order valence-electron chi connectivity index (χ0n) is 17.1. The van der Waals surface area contributed by atoms with E-state index in [9.17, 15) is 0 Å². The van der Waals surface area contributed by atoms with E-state index >= 15 is 0 Å². The maximum absolute atomic E-state index is 5.15. The van der Waals surface area contributed by atoms with Gasteiger partial charge in [0.05, 0.1) is 5.52 Å². The highest BCUT2D eigenvalue weighted by atomic mass is 15.2. The molecule has 2 aromatic heterocycles. The van der Waals surface area contributed by atoms with Crippen LogP contribution in [0.3, 0.4) is 0 Å². The molecule has 0 fully saturated rings. The molecule has 0 bridgehead atoms. The predicted molar refractivity (Wildman–Crippen MR) is 119 cm³/mol. The molecule has 4 aromatic rings. The fourth-order valence-corrected chi connectivity index (χ4v) is 4.58. The minimum Gasteiger partial charge on any atom is -0.282 e. The number of aryl methyl sites for hydroxylation is 4. The van der Waals surface area contributed by atoms with Gasteiger partial charge in [-0.15, -0.1) is 0 Å². The lowest BCUT2D eigenvalue weighted by Gasteiger charge is -2.20. The van der Waals surface area contributed by atoms with Crippen LogP contribution in [0.2, 0.25) is 0 Å². The molecule has 0 aliphatic heterocycles. The van der Waals surface area contributed by atoms with Gasteiger partial charge in [-0.1, -0.05) is 55.5 Å². The molecule has 0 spiro atoms. The van der Waals surface area contributed by atoms with Crippen molar-refractivity contribution in [2.24, 2.45) is 0 Å². The average Bonchev–Trinajstić information content (AvgIpc) is 3.16. The van der Waals surface area contributed by atoms with Crippen LogP contribution in [0.1, 0.15) is 48.0 Å². The van der Waals surface area contributed by atoms with Gasteiger partial charge >= 0.3 is 0 Å². The van der Waals surface area contributed by atoms with Crippen molar-refractivity contribution in [2.45, 2.75) is 51.9 Å². The van der Waals surface area contributed by atoms with Crippen molar-refractivity contribution in [1.82, 2.24) is 14.5 Å². The van der Waals surface area contributed by atoms with Gasteiger partial charge in [-0.05, 0) is 68.2 Å². The van der Waals surface area contributed by atoms with E-state index in [0.717, 1.165) is 38.1 Å². The summed E-state index contributed by atoms with van der Waals surface area (Å²) in [5.74, 6) is 0.853. The van der Waals surface area contributed by atoms with Gasteiger partial charge in [-0.2, -0.15) is 0 Å². The van der Waals surface area contributed by atoms with E-state index < -0.39 is 0 Å². The first-order valence-corrected chi connectivity index (χ1v) is 10.9. The summed E-state index contributed by atoms with van der Waals surface area (Å²) in [5.41, 5.74) is 7.77. The Morgan fingerprint density at radius 1 is 0.862 bits per heavy atom. The van der Waals surface area contributed by atoms with Gasteiger partial charge in [-0.25, -0.2) is 9.97 Å². The Morgan fingerprint density at radius 2 is 1.66 bits per heavy atom. The van der Waals surface area contributed by atoms with Crippen LogP contribution in [0, 0.1) is 0 Å². The van der Waals surface area contributed by atoms with Crippen LogP contribution in [-0.2, 0) is 32.1 Å². The molecule has 1 aliphatic rings. The molecule has 0 radical (unpaired) electrons. The zero-order valence-corrected chi connectivity index (χ0v) is 17.1. The maximum atomic E-state index is 5.15. The van der Waals surface area contributed by atoms with E-state index in [2.05, 4.69) is 72.2 Å². The van der Waals surface area contributed by atoms with Crippen molar-refractivity contribution in [3.63, 3.8) is 0 Å². The Bertz CT molecular complexity index is 1140. The third kappa shape index (κ3) is 3.46. The number of rotatable bonds is 5. The van der Waals surface area contributed by atoms with Gasteiger partial charge < -0.3 is 0 Å². The second-order valence-electron chi connectivity index (χ2n) is 7.97. The Hall–Kier alpha value is -2.94. The smallest absolute Gasteiger partial charge is 0.234 e. The molecular formula is C26H27N3. The van der Waals surface area contributed by atoms with Crippen LogP contribution in [0.25, 0.3) is 16.9 Å². The average molecular weight is 382 g/mol. The molecule has 0 amide bonds. The third-order valence-electron chi connectivity index (χ3n) is 6.10. The highest BCUT2D eigenvalue weighted by Gasteiger charge is 2.20. The number of hydrogen-bond acceptors (Lipinski definition) is 2. The summed E-state index contributed by atoms with van der Waals surface area (Å²) in [6.45, 7) is 2.21. The number of nitrogens with zero attached hydrogens (tertiary/aromatic N) is 3. The fourth-order valence-electron chi connectivity index (χ4n) is 4.58. The third-order valence-corrected chi connectivity index (χ3v) is 6.10. The topological polar surface area (TPSA) is 30.7 Å². The lowest BCUT2D eigenvalue weighted by molar-refractivity contribution is 0.643. The monoisotopic (exact) mass is 381 g/mol. The van der Waals surface area contributed by atoms with Gasteiger partial charge in [0, 0.05) is 22.5 Å². The van der Waals surface area contributed by atoms with Crippen LogP contribution in [-0.4, -0.2) is 14.5 Å². The maximum Gasteiger partial charge on any atom is 0.234 e. The zero-order chi connectivity index (χ0) is 19.6. The van der Waals surface area contributed by atoms with Crippen LogP contribution in [0.15, 0.2) is 60.7 Å². The van der Waals surface area contributed by atoms with Gasteiger partial charge in [0.15, 0.2) is 0 Å². The Morgan fingerprint density at radius 3 is 2.52 bits per heavy atom. The van der Waals surface area contributed by atoms with E-state index in [1.54, 1.807) is 0 Å². The first-order valence-electron chi connectivity index (χ1n) is 10.9. The lowest BCUT2D eigenvalue weighted by atomic mass is 9.92. The fraction of sp³-hybridized carbons (Fsp3) is 0.308. The van der Waals surface area contributed by atoms with Crippen LogP contribution in [0.5, 0.6) is 0 Å². The number of para-hydroxylation sites is 1. The number of fused-ring (bicyclic) bond motifs is 2. The second-order valence-corrected chi connectivity index (χ2v) is 7.97. The largest absolute Gasteiger partial charge is 0.282 e. The summed E-state index contributed by atoms with van der Waals surface area (Å²) >= 11 is 0. The minimum absolute atomic E-state index is 0.853. The molecule has 0 atom stereocenters. The quantitative estimate of drug-likeness (QED) is 0.447. The first-order chi connectivity index (χ1) is 14.3. The molecule has 146 valence electrons. The molecular weight excluding hydrogens is 354 g/mol. The van der Waals surface area contributed by atoms with Gasteiger partial charge in [0.1, 0.15) is 0 Å². The summed E-state index contributed by atoms with van der Waals surface area (Å²) < 4.78 is 2.27. The van der Waals surface area contributed by atoms with E-state index in [0.29, 0.717) is 0 Å². The summed E-state index contributed by atoms with van der Waals surface area (Å²) in [4.78, 5) is 10.2. The molecule has 0 unspecified atom stereocenters. The van der Waals surface area contributed by atoms with Crippen molar-refractivity contribution >= 4 is 10.9 Å². The molecule has 0 saturated heterocycles. The predicted octanol–water partition coefficient (Wildman–Crippen LogP) is 5.65. The standard InChI is InChI=1S/C26H27N3/c1-2-21-18-20-12-6-9-15-25(20)29(21)26-27-23-14-8-7-13-22(23)24(28-26)17-16-19-10-4-3-5-11-19/h3-6,9-12,15,18H,2,7-8,13-14,16-17H2,1H3. The normalized spacial score (nSPS) is 13.6. The number of aromatic nitrogens is 3. The minimum atomic E-state index is 0.853. The Balaban J connectivity index is 1.61. The Kier molecular flexibility index (Phi) is 4.89. The molecule has 0 N–H and O–H groups in total. The first kappa shape index (κ1) is 18.1. The van der Waals surface area contributed by atoms with E-state index in [1.807, 2.05) is 0 Å². The second kappa shape index (κ2) is 7.82. The lowest BCUT2D eigenvalue weighted by Crippen LogP contribution is -2.16. The molecule has 2 heterocycles. The Labute approximate surface area is 172 Å². The van der Waals surface area contributed by atoms with Gasteiger partial charge in [0.25, 0.3) is 0 Å². The molecule has 1 aliphatic carbocycles. The van der Waals surface area contributed by atoms with Gasteiger partial charge in [-0.3, -0.25) is 4.57 Å². The van der Waals surface area contributed by atoms with Crippen LogP contribution in [0.4, 0.5) is 0 Å². The van der Waals surface area contributed by atoms with Crippen LogP contribution < -0.4 is 0 Å². The van der Waals surface area contributed by atoms with Crippen molar-refractivity contribution < 1.29 is 0 Å². The summed E-state index contributed by atoms with van der Waals surface area (Å²) in [6, 6.07) is 21.6. The van der Waals surface area contributed by atoms with Crippen molar-refractivity contribution in [3.05, 3.63) is 88.9 Å². The molecule has 3 nitrogen and oxygen atoms in total. The van der Waals surface area contributed by atoms with Crippen LogP contribution >= 0.6 is 0 Å². The molecule has 2 aromatic carbocycles. The SMILES string of the molecule is CCc1cc2ccccc2n1-c1nc2c(c(CCc3ccccc3)n1)CCCC2. The van der Waals surface area contributed by atoms with Gasteiger partial charge in [0.2, 0.25) is 5.95 Å². The highest BCUT2D eigenvalue weighted by Crippen LogP contribution is 2.28. The molecule has 3 heteroatoms. The highest BCUT2D eigenvalue weighted by molar-refractivity contribution is 5.82. The summed E-state index contributed by atoms with van der Waals surface area (Å²) in [5, 5.41) is 1.26. The van der Waals surface area contributed by atoms with Crippen molar-refractivity contribution in [3.8, 4) is 5.95 Å². The number of hydrogen-bond donors (Lipinski definition) is 0. The number of benzene rings is 2. The summed E-state index contributed by atoms with van der Waals surface area (Å²) in [7, 11) is 0. The van der Waals surface area contributed by atoms with Crippen molar-refractivity contribution in [1.29, 1.82) is 0 Å². The molecule has 5 rings (SSSR count).